The average Bonchev–Trinajstić information content (AvgIpc) is 2.05. The predicted molar refractivity (Wildman–Crippen MR) is 48.0 cm³/mol. The van der Waals surface area contributed by atoms with E-state index < -0.39 is 0 Å². The Morgan fingerprint density at radius 3 is 2.82 bits per heavy atom. The molecule has 0 unspecified atom stereocenters. The molecule has 3 nitrogen and oxygen atoms in total. The van der Waals surface area contributed by atoms with Crippen molar-refractivity contribution in [1.82, 2.24) is 4.98 Å². The summed E-state index contributed by atoms with van der Waals surface area (Å²) in [5.74, 6) is 1.39. The molecule has 1 N–H and O–H groups in total. The molecule has 0 amide bonds. The molecule has 0 radical (unpaired) electrons. The number of ether oxygens (including phenoxy) is 1. The van der Waals surface area contributed by atoms with Crippen LogP contribution in [-0.2, 0) is 0 Å². The van der Waals surface area contributed by atoms with Gasteiger partial charge in [0.1, 0.15) is 5.82 Å². The first-order valence-electron chi connectivity index (χ1n) is 3.16. The maximum atomic E-state index is 4.94. The first-order chi connectivity index (χ1) is 5.27. The second-order valence-corrected chi connectivity index (χ2v) is 2.79. The van der Waals surface area contributed by atoms with Crippen LogP contribution in [0.2, 0.25) is 0 Å². The number of anilines is 1. The average molecular weight is 217 g/mol. The molecular formula is C7H9BrN2O. The molecule has 4 heteroatoms. The first kappa shape index (κ1) is 8.33. The molecule has 60 valence electrons. The van der Waals surface area contributed by atoms with Crippen molar-refractivity contribution in [2.45, 2.75) is 0 Å². The van der Waals surface area contributed by atoms with Crippen LogP contribution in [0.25, 0.3) is 0 Å². The van der Waals surface area contributed by atoms with Crippen molar-refractivity contribution in [2.24, 2.45) is 0 Å². The van der Waals surface area contributed by atoms with Crippen LogP contribution in [0.15, 0.2) is 16.6 Å². The van der Waals surface area contributed by atoms with Gasteiger partial charge in [-0.1, -0.05) is 0 Å². The van der Waals surface area contributed by atoms with Crippen LogP contribution in [-0.4, -0.2) is 19.1 Å². The fourth-order valence-corrected chi connectivity index (χ4v) is 1.13. The highest BCUT2D eigenvalue weighted by molar-refractivity contribution is 9.10. The smallest absolute Gasteiger partial charge is 0.214 e. The Kier molecular flexibility index (Phi) is 2.70. The van der Waals surface area contributed by atoms with Gasteiger partial charge < -0.3 is 10.1 Å². The second-order valence-electron chi connectivity index (χ2n) is 1.93. The van der Waals surface area contributed by atoms with Gasteiger partial charge in [0.25, 0.3) is 0 Å². The van der Waals surface area contributed by atoms with Crippen LogP contribution in [0, 0.1) is 0 Å². The largest absolute Gasteiger partial charge is 0.481 e. The lowest BCUT2D eigenvalue weighted by Crippen LogP contribution is -1.95. The van der Waals surface area contributed by atoms with E-state index in [1.54, 1.807) is 13.2 Å². The first-order valence-corrected chi connectivity index (χ1v) is 3.95. The van der Waals surface area contributed by atoms with Crippen molar-refractivity contribution in [3.63, 3.8) is 0 Å². The van der Waals surface area contributed by atoms with Gasteiger partial charge in [0.15, 0.2) is 0 Å². The van der Waals surface area contributed by atoms with Crippen molar-refractivity contribution in [1.29, 1.82) is 0 Å². The molecule has 1 aromatic heterocycles. The van der Waals surface area contributed by atoms with Crippen LogP contribution in [0.1, 0.15) is 0 Å². The van der Waals surface area contributed by atoms with E-state index in [0.29, 0.717) is 5.88 Å². The summed E-state index contributed by atoms with van der Waals surface area (Å²) in [5.41, 5.74) is 0. The molecule has 0 aliphatic rings. The van der Waals surface area contributed by atoms with Gasteiger partial charge in [-0.2, -0.15) is 4.98 Å². The van der Waals surface area contributed by atoms with Gasteiger partial charge >= 0.3 is 0 Å². The Balaban J connectivity index is 3.02. The van der Waals surface area contributed by atoms with E-state index in [0.717, 1.165) is 10.3 Å². The molecule has 0 aromatic carbocycles. The lowest BCUT2D eigenvalue weighted by molar-refractivity contribution is 0.398. The molecule has 0 saturated carbocycles. The molecule has 0 spiro atoms. The summed E-state index contributed by atoms with van der Waals surface area (Å²) in [5, 5.41) is 2.93. The fraction of sp³-hybridized carbons (Fsp3) is 0.286. The zero-order valence-corrected chi connectivity index (χ0v) is 7.97. The zero-order valence-electron chi connectivity index (χ0n) is 6.39. The maximum Gasteiger partial charge on any atom is 0.214 e. The van der Waals surface area contributed by atoms with Crippen molar-refractivity contribution in [3.05, 3.63) is 16.6 Å². The normalized spacial score (nSPS) is 9.36. The summed E-state index contributed by atoms with van der Waals surface area (Å²) in [7, 11) is 3.40. The Labute approximate surface area is 73.9 Å². The standard InChI is InChI=1S/C7H9BrN2O/c1-9-7-5(8)3-4-6(10-7)11-2/h3-4H,1-2H3,(H,9,10). The molecule has 0 aliphatic carbocycles. The van der Waals surface area contributed by atoms with Gasteiger partial charge in [-0.3, -0.25) is 0 Å². The molecule has 0 bridgehead atoms. The fourth-order valence-electron chi connectivity index (χ4n) is 0.713. The number of halogens is 1. The number of pyridine rings is 1. The highest BCUT2D eigenvalue weighted by Crippen LogP contribution is 2.21. The van der Waals surface area contributed by atoms with Crippen LogP contribution in [0.4, 0.5) is 5.82 Å². The molecule has 0 fully saturated rings. The number of rotatable bonds is 2. The van der Waals surface area contributed by atoms with E-state index in [9.17, 15) is 0 Å². The van der Waals surface area contributed by atoms with E-state index in [4.69, 9.17) is 4.74 Å². The van der Waals surface area contributed by atoms with Gasteiger partial charge in [-0.25, -0.2) is 0 Å². The van der Waals surface area contributed by atoms with Crippen LogP contribution in [0.3, 0.4) is 0 Å². The monoisotopic (exact) mass is 216 g/mol. The Bertz CT molecular complexity index is 252. The van der Waals surface area contributed by atoms with E-state index in [1.807, 2.05) is 13.1 Å². The Morgan fingerprint density at radius 1 is 1.55 bits per heavy atom. The SMILES string of the molecule is CNc1nc(OC)ccc1Br. The zero-order chi connectivity index (χ0) is 8.27. The Morgan fingerprint density at radius 2 is 2.27 bits per heavy atom. The molecule has 0 saturated heterocycles. The minimum absolute atomic E-state index is 0.609. The molecule has 0 aliphatic heterocycles. The van der Waals surface area contributed by atoms with E-state index in [1.165, 1.54) is 0 Å². The Hall–Kier alpha value is -0.770. The minimum Gasteiger partial charge on any atom is -0.481 e. The van der Waals surface area contributed by atoms with Gasteiger partial charge in [-0.15, -0.1) is 0 Å². The lowest BCUT2D eigenvalue weighted by Gasteiger charge is -2.03. The van der Waals surface area contributed by atoms with Gasteiger partial charge in [0.2, 0.25) is 5.88 Å². The number of hydrogen-bond donors (Lipinski definition) is 1. The minimum atomic E-state index is 0.609. The van der Waals surface area contributed by atoms with Gasteiger partial charge in [-0.05, 0) is 22.0 Å². The van der Waals surface area contributed by atoms with Crippen molar-refractivity contribution < 1.29 is 4.74 Å². The summed E-state index contributed by atoms with van der Waals surface area (Å²) >= 11 is 3.34. The van der Waals surface area contributed by atoms with E-state index >= 15 is 0 Å². The van der Waals surface area contributed by atoms with E-state index in [-0.39, 0.29) is 0 Å². The second kappa shape index (κ2) is 3.57. The lowest BCUT2D eigenvalue weighted by atomic mass is 10.4. The van der Waals surface area contributed by atoms with Crippen LogP contribution < -0.4 is 10.1 Å². The van der Waals surface area contributed by atoms with Crippen molar-refractivity contribution in [2.75, 3.05) is 19.5 Å². The van der Waals surface area contributed by atoms with Crippen molar-refractivity contribution >= 4 is 21.7 Å². The summed E-state index contributed by atoms with van der Waals surface area (Å²) < 4.78 is 5.87. The molecule has 1 rings (SSSR count). The number of methoxy groups -OCH3 is 1. The molecule has 0 atom stereocenters. The third-order valence-corrected chi connectivity index (χ3v) is 1.91. The molecular weight excluding hydrogens is 208 g/mol. The number of hydrogen-bond acceptors (Lipinski definition) is 3. The predicted octanol–water partition coefficient (Wildman–Crippen LogP) is 1.89. The number of nitrogens with zero attached hydrogens (tertiary/aromatic N) is 1. The third kappa shape index (κ3) is 1.83. The van der Waals surface area contributed by atoms with Crippen LogP contribution in [0.5, 0.6) is 5.88 Å². The third-order valence-electron chi connectivity index (χ3n) is 1.27. The molecule has 11 heavy (non-hydrogen) atoms. The summed E-state index contributed by atoms with van der Waals surface area (Å²) in [6.07, 6.45) is 0. The number of aromatic nitrogens is 1. The molecule has 1 aromatic rings. The highest BCUT2D eigenvalue weighted by Gasteiger charge is 1.99. The number of nitrogens with one attached hydrogen (secondary N) is 1. The maximum absolute atomic E-state index is 4.94. The topological polar surface area (TPSA) is 34.2 Å². The van der Waals surface area contributed by atoms with Crippen LogP contribution >= 0.6 is 15.9 Å². The summed E-state index contributed by atoms with van der Waals surface area (Å²) in [6, 6.07) is 3.68. The summed E-state index contributed by atoms with van der Waals surface area (Å²) in [4.78, 5) is 4.13. The highest BCUT2D eigenvalue weighted by atomic mass is 79.9. The van der Waals surface area contributed by atoms with Gasteiger partial charge in [0.05, 0.1) is 11.6 Å². The van der Waals surface area contributed by atoms with Crippen molar-refractivity contribution in [3.8, 4) is 5.88 Å². The van der Waals surface area contributed by atoms with E-state index in [2.05, 4.69) is 26.2 Å². The molecule has 1 heterocycles. The quantitative estimate of drug-likeness (QED) is 0.821. The van der Waals surface area contributed by atoms with Gasteiger partial charge in [0, 0.05) is 13.1 Å². The summed E-state index contributed by atoms with van der Waals surface area (Å²) in [6.45, 7) is 0.